The summed E-state index contributed by atoms with van der Waals surface area (Å²) in [5, 5.41) is 14.9. The monoisotopic (exact) mass is 393 g/mol. The van der Waals surface area contributed by atoms with Gasteiger partial charge in [0.1, 0.15) is 17.6 Å². The maximum absolute atomic E-state index is 12.2. The van der Waals surface area contributed by atoms with Gasteiger partial charge in [0.2, 0.25) is 0 Å². The SMILES string of the molecule is N#Cc1ccccc1Nc1cnc(C(=O)Nc2cccc(Br)c2)cn1. The smallest absolute Gasteiger partial charge is 0.275 e. The van der Waals surface area contributed by atoms with Crippen LogP contribution in [0.4, 0.5) is 17.2 Å². The van der Waals surface area contributed by atoms with E-state index in [1.165, 1.54) is 12.4 Å². The van der Waals surface area contributed by atoms with Crippen LogP contribution in [-0.4, -0.2) is 15.9 Å². The molecule has 0 fully saturated rings. The third-order valence-corrected chi connectivity index (χ3v) is 3.77. The van der Waals surface area contributed by atoms with Crippen LogP contribution in [-0.2, 0) is 0 Å². The number of aromatic nitrogens is 2. The molecule has 3 rings (SSSR count). The van der Waals surface area contributed by atoms with E-state index < -0.39 is 0 Å². The summed E-state index contributed by atoms with van der Waals surface area (Å²) in [5.74, 6) is 0.0938. The van der Waals surface area contributed by atoms with Gasteiger partial charge in [0, 0.05) is 10.2 Å². The molecule has 1 aromatic heterocycles. The Balaban J connectivity index is 1.71. The number of para-hydroxylation sites is 1. The standard InChI is InChI=1S/C18H12BrN5O/c19-13-5-3-6-14(8-13)23-18(25)16-10-22-17(11-21-16)24-15-7-2-1-4-12(15)9-20/h1-8,10-11H,(H,22,24)(H,23,25). The Hall–Kier alpha value is -3.24. The van der Waals surface area contributed by atoms with Crippen LogP contribution in [0.2, 0.25) is 0 Å². The Morgan fingerprint density at radius 1 is 1.08 bits per heavy atom. The summed E-state index contributed by atoms with van der Waals surface area (Å²) >= 11 is 3.35. The fourth-order valence-electron chi connectivity index (χ4n) is 2.10. The van der Waals surface area contributed by atoms with Crippen molar-refractivity contribution in [2.45, 2.75) is 0 Å². The molecule has 1 amide bonds. The fraction of sp³-hybridized carbons (Fsp3) is 0. The predicted molar refractivity (Wildman–Crippen MR) is 98.6 cm³/mol. The zero-order chi connectivity index (χ0) is 17.6. The van der Waals surface area contributed by atoms with Gasteiger partial charge in [0.15, 0.2) is 0 Å². The molecule has 6 nitrogen and oxygen atoms in total. The van der Waals surface area contributed by atoms with Crippen LogP contribution in [0.25, 0.3) is 0 Å². The highest BCUT2D eigenvalue weighted by Crippen LogP contribution is 2.19. The minimum atomic E-state index is -0.352. The molecular weight excluding hydrogens is 382 g/mol. The van der Waals surface area contributed by atoms with Gasteiger partial charge in [-0.3, -0.25) is 4.79 Å². The summed E-state index contributed by atoms with van der Waals surface area (Å²) < 4.78 is 0.868. The number of nitrogens with one attached hydrogen (secondary N) is 2. The first-order valence-corrected chi connectivity index (χ1v) is 8.10. The van der Waals surface area contributed by atoms with Crippen molar-refractivity contribution in [2.75, 3.05) is 10.6 Å². The highest BCUT2D eigenvalue weighted by atomic mass is 79.9. The molecule has 0 bridgehead atoms. The molecule has 3 aromatic rings. The molecule has 2 N–H and O–H groups in total. The third kappa shape index (κ3) is 4.19. The lowest BCUT2D eigenvalue weighted by molar-refractivity contribution is 0.102. The molecule has 1 heterocycles. The van der Waals surface area contributed by atoms with Crippen molar-refractivity contribution in [3.8, 4) is 6.07 Å². The van der Waals surface area contributed by atoms with E-state index >= 15 is 0 Å². The molecule has 0 saturated heterocycles. The minimum absolute atomic E-state index is 0.194. The number of halogens is 1. The van der Waals surface area contributed by atoms with Crippen molar-refractivity contribution >= 4 is 39.0 Å². The lowest BCUT2D eigenvalue weighted by Gasteiger charge is -2.08. The van der Waals surface area contributed by atoms with Crippen molar-refractivity contribution < 1.29 is 4.79 Å². The van der Waals surface area contributed by atoms with Crippen LogP contribution in [0.3, 0.4) is 0 Å². The van der Waals surface area contributed by atoms with Gasteiger partial charge in [0.25, 0.3) is 5.91 Å². The van der Waals surface area contributed by atoms with E-state index in [0.29, 0.717) is 22.8 Å². The van der Waals surface area contributed by atoms with E-state index in [2.05, 4.69) is 42.6 Å². The number of benzene rings is 2. The third-order valence-electron chi connectivity index (χ3n) is 3.28. The molecule has 0 aliphatic carbocycles. The molecule has 122 valence electrons. The number of nitriles is 1. The number of amides is 1. The second kappa shape index (κ2) is 7.55. The average molecular weight is 394 g/mol. The quantitative estimate of drug-likeness (QED) is 0.695. The maximum Gasteiger partial charge on any atom is 0.275 e. The Bertz CT molecular complexity index is 950. The number of hydrogen-bond donors (Lipinski definition) is 2. The highest BCUT2D eigenvalue weighted by Gasteiger charge is 2.09. The number of carbonyl (C=O) groups is 1. The molecule has 7 heteroatoms. The molecular formula is C18H12BrN5O. The summed E-state index contributed by atoms with van der Waals surface area (Å²) in [5.41, 5.74) is 1.98. The highest BCUT2D eigenvalue weighted by molar-refractivity contribution is 9.10. The number of anilines is 3. The zero-order valence-corrected chi connectivity index (χ0v) is 14.5. The lowest BCUT2D eigenvalue weighted by atomic mass is 10.2. The Labute approximate surface area is 152 Å². The molecule has 0 radical (unpaired) electrons. The van der Waals surface area contributed by atoms with Gasteiger partial charge in [-0.25, -0.2) is 9.97 Å². The minimum Gasteiger partial charge on any atom is -0.338 e. The van der Waals surface area contributed by atoms with Crippen molar-refractivity contribution in [1.82, 2.24) is 9.97 Å². The van der Waals surface area contributed by atoms with Crippen LogP contribution in [0.1, 0.15) is 16.1 Å². The number of rotatable bonds is 4. The van der Waals surface area contributed by atoms with Crippen LogP contribution in [0.5, 0.6) is 0 Å². The van der Waals surface area contributed by atoms with E-state index in [0.717, 1.165) is 4.47 Å². The molecule has 0 aliphatic rings. The van der Waals surface area contributed by atoms with Gasteiger partial charge in [0.05, 0.1) is 23.6 Å². The van der Waals surface area contributed by atoms with Crippen LogP contribution < -0.4 is 10.6 Å². The Morgan fingerprint density at radius 3 is 2.64 bits per heavy atom. The van der Waals surface area contributed by atoms with E-state index in [-0.39, 0.29) is 11.6 Å². The number of hydrogen-bond acceptors (Lipinski definition) is 5. The first kappa shape index (κ1) is 16.6. The maximum atomic E-state index is 12.2. The molecule has 0 aliphatic heterocycles. The van der Waals surface area contributed by atoms with Gasteiger partial charge < -0.3 is 10.6 Å². The predicted octanol–water partition coefficient (Wildman–Crippen LogP) is 4.11. The topological polar surface area (TPSA) is 90.7 Å². The van der Waals surface area contributed by atoms with E-state index in [9.17, 15) is 4.79 Å². The van der Waals surface area contributed by atoms with Gasteiger partial charge in [-0.2, -0.15) is 5.26 Å². The first-order valence-electron chi connectivity index (χ1n) is 7.31. The van der Waals surface area contributed by atoms with E-state index in [1.54, 1.807) is 30.3 Å². The van der Waals surface area contributed by atoms with E-state index in [4.69, 9.17) is 5.26 Å². The molecule has 0 saturated carbocycles. The van der Waals surface area contributed by atoms with Gasteiger partial charge >= 0.3 is 0 Å². The zero-order valence-electron chi connectivity index (χ0n) is 12.9. The van der Waals surface area contributed by atoms with E-state index in [1.807, 2.05) is 18.2 Å². The van der Waals surface area contributed by atoms with Crippen molar-refractivity contribution in [3.63, 3.8) is 0 Å². The van der Waals surface area contributed by atoms with Crippen LogP contribution >= 0.6 is 15.9 Å². The summed E-state index contributed by atoms with van der Waals surface area (Å²) in [6.45, 7) is 0. The molecule has 0 spiro atoms. The lowest BCUT2D eigenvalue weighted by Crippen LogP contribution is -2.14. The van der Waals surface area contributed by atoms with Gasteiger partial charge in [-0.15, -0.1) is 0 Å². The van der Waals surface area contributed by atoms with Gasteiger partial charge in [-0.05, 0) is 30.3 Å². The second-order valence-corrected chi connectivity index (χ2v) is 5.95. The Morgan fingerprint density at radius 2 is 1.92 bits per heavy atom. The Kier molecular flexibility index (Phi) is 5.02. The average Bonchev–Trinajstić information content (AvgIpc) is 2.63. The van der Waals surface area contributed by atoms with Crippen molar-refractivity contribution in [1.29, 1.82) is 5.26 Å². The first-order chi connectivity index (χ1) is 12.2. The van der Waals surface area contributed by atoms with Crippen molar-refractivity contribution in [3.05, 3.63) is 76.7 Å². The summed E-state index contributed by atoms with van der Waals surface area (Å²) in [7, 11) is 0. The van der Waals surface area contributed by atoms with Crippen LogP contribution in [0.15, 0.2) is 65.4 Å². The second-order valence-electron chi connectivity index (χ2n) is 5.03. The summed E-state index contributed by atoms with van der Waals surface area (Å²) in [6.07, 6.45) is 2.83. The normalized spacial score (nSPS) is 9.92. The molecule has 2 aromatic carbocycles. The summed E-state index contributed by atoms with van der Waals surface area (Å²) in [4.78, 5) is 20.5. The molecule has 0 atom stereocenters. The fourth-order valence-corrected chi connectivity index (χ4v) is 2.50. The van der Waals surface area contributed by atoms with Crippen molar-refractivity contribution in [2.24, 2.45) is 0 Å². The molecule has 25 heavy (non-hydrogen) atoms. The van der Waals surface area contributed by atoms with Crippen LogP contribution in [0, 0.1) is 11.3 Å². The largest absolute Gasteiger partial charge is 0.338 e. The molecule has 0 unspecified atom stereocenters. The van der Waals surface area contributed by atoms with Gasteiger partial charge in [-0.1, -0.05) is 34.1 Å². The number of nitrogens with zero attached hydrogens (tertiary/aromatic N) is 3. The summed E-state index contributed by atoms with van der Waals surface area (Å²) in [6, 6.07) is 16.4. The number of carbonyl (C=O) groups excluding carboxylic acids is 1.